The van der Waals surface area contributed by atoms with E-state index in [1.807, 2.05) is 54.6 Å². The van der Waals surface area contributed by atoms with Gasteiger partial charge < -0.3 is 9.47 Å². The molecule has 0 radical (unpaired) electrons. The van der Waals surface area contributed by atoms with E-state index in [0.29, 0.717) is 0 Å². The van der Waals surface area contributed by atoms with Gasteiger partial charge in [0.25, 0.3) is 0 Å². The lowest BCUT2D eigenvalue weighted by Gasteiger charge is -2.05. The highest BCUT2D eigenvalue weighted by atomic mass is 16.5. The van der Waals surface area contributed by atoms with Gasteiger partial charge in [-0.1, -0.05) is 12.1 Å². The van der Waals surface area contributed by atoms with E-state index in [0.717, 1.165) is 34.0 Å². The van der Waals surface area contributed by atoms with Crippen molar-refractivity contribution in [2.24, 2.45) is 0 Å². The number of hydrogen-bond donors (Lipinski definition) is 1. The van der Waals surface area contributed by atoms with Crippen LogP contribution < -0.4 is 9.47 Å². The highest BCUT2D eigenvalue weighted by Crippen LogP contribution is 2.30. The van der Waals surface area contributed by atoms with E-state index in [9.17, 15) is 0 Å². The number of aromatic amines is 1. The Balaban J connectivity index is 1.95. The van der Waals surface area contributed by atoms with Gasteiger partial charge in [0.2, 0.25) is 0 Å². The molecule has 4 heteroatoms. The Labute approximate surface area is 123 Å². The van der Waals surface area contributed by atoms with Gasteiger partial charge in [-0.2, -0.15) is 5.10 Å². The fraction of sp³-hybridized carbons (Fsp3) is 0.118. The molecule has 0 aliphatic carbocycles. The number of para-hydroxylation sites is 1. The van der Waals surface area contributed by atoms with Crippen molar-refractivity contribution < 1.29 is 9.47 Å². The molecule has 2 aromatic carbocycles. The SMILES string of the molecule is COc1ccc(-c2cc(-c3ccccc3OC)[nH]n2)cc1. The largest absolute Gasteiger partial charge is 0.497 e. The first-order valence-corrected chi connectivity index (χ1v) is 6.65. The van der Waals surface area contributed by atoms with E-state index in [2.05, 4.69) is 10.2 Å². The van der Waals surface area contributed by atoms with Gasteiger partial charge in [0.15, 0.2) is 0 Å². The summed E-state index contributed by atoms with van der Waals surface area (Å²) < 4.78 is 10.5. The third-order valence-electron chi connectivity index (χ3n) is 3.36. The Kier molecular flexibility index (Phi) is 3.60. The van der Waals surface area contributed by atoms with Crippen LogP contribution in [0.2, 0.25) is 0 Å². The molecule has 0 amide bonds. The van der Waals surface area contributed by atoms with Gasteiger partial charge in [-0.25, -0.2) is 0 Å². The van der Waals surface area contributed by atoms with Crippen LogP contribution in [0.25, 0.3) is 22.5 Å². The molecule has 0 unspecified atom stereocenters. The molecular formula is C17H16N2O2. The smallest absolute Gasteiger partial charge is 0.128 e. The minimum absolute atomic E-state index is 0.822. The summed E-state index contributed by atoms with van der Waals surface area (Å²) in [6.07, 6.45) is 0. The fourth-order valence-electron chi connectivity index (χ4n) is 2.24. The van der Waals surface area contributed by atoms with Crippen LogP contribution in [0.1, 0.15) is 0 Å². The van der Waals surface area contributed by atoms with Crippen molar-refractivity contribution >= 4 is 0 Å². The zero-order valence-electron chi connectivity index (χ0n) is 12.0. The first-order chi connectivity index (χ1) is 10.3. The molecule has 0 saturated carbocycles. The lowest BCUT2D eigenvalue weighted by Crippen LogP contribution is -1.87. The summed E-state index contributed by atoms with van der Waals surface area (Å²) in [6.45, 7) is 0. The predicted octanol–water partition coefficient (Wildman–Crippen LogP) is 3.76. The molecule has 0 aliphatic rings. The average Bonchev–Trinajstić information content (AvgIpc) is 3.04. The van der Waals surface area contributed by atoms with Crippen molar-refractivity contribution in [2.75, 3.05) is 14.2 Å². The maximum absolute atomic E-state index is 5.38. The number of benzene rings is 2. The van der Waals surface area contributed by atoms with Gasteiger partial charge in [0, 0.05) is 11.1 Å². The van der Waals surface area contributed by atoms with E-state index < -0.39 is 0 Å². The van der Waals surface area contributed by atoms with Gasteiger partial charge in [0.1, 0.15) is 11.5 Å². The van der Waals surface area contributed by atoms with Crippen LogP contribution in [-0.2, 0) is 0 Å². The van der Waals surface area contributed by atoms with Crippen molar-refractivity contribution in [2.45, 2.75) is 0 Å². The van der Waals surface area contributed by atoms with Crippen molar-refractivity contribution in [3.05, 3.63) is 54.6 Å². The van der Waals surface area contributed by atoms with E-state index in [4.69, 9.17) is 9.47 Å². The summed E-state index contributed by atoms with van der Waals surface area (Å²) in [5.41, 5.74) is 3.84. The second-order valence-electron chi connectivity index (χ2n) is 4.60. The number of aromatic nitrogens is 2. The Morgan fingerprint density at radius 1 is 0.905 bits per heavy atom. The summed E-state index contributed by atoms with van der Waals surface area (Å²) in [7, 11) is 3.32. The molecular weight excluding hydrogens is 264 g/mol. The first kappa shape index (κ1) is 13.2. The molecule has 106 valence electrons. The number of ether oxygens (including phenoxy) is 2. The van der Waals surface area contributed by atoms with Gasteiger partial charge in [-0.05, 0) is 42.5 Å². The standard InChI is InChI=1S/C17H16N2O2/c1-20-13-9-7-12(8-10-13)15-11-16(19-18-15)14-5-3-4-6-17(14)21-2/h3-11H,1-2H3,(H,18,19). The van der Waals surface area contributed by atoms with Crippen LogP contribution in [0.15, 0.2) is 54.6 Å². The first-order valence-electron chi connectivity index (χ1n) is 6.65. The van der Waals surface area contributed by atoms with E-state index in [1.165, 1.54) is 0 Å². The number of nitrogens with zero attached hydrogens (tertiary/aromatic N) is 1. The Morgan fingerprint density at radius 2 is 1.67 bits per heavy atom. The van der Waals surface area contributed by atoms with Crippen molar-refractivity contribution in [3.8, 4) is 34.0 Å². The number of H-pyrrole nitrogens is 1. The maximum atomic E-state index is 5.38. The van der Waals surface area contributed by atoms with Gasteiger partial charge >= 0.3 is 0 Å². The van der Waals surface area contributed by atoms with E-state index in [-0.39, 0.29) is 0 Å². The highest BCUT2D eigenvalue weighted by molar-refractivity contribution is 5.72. The van der Waals surface area contributed by atoms with E-state index >= 15 is 0 Å². The lowest BCUT2D eigenvalue weighted by molar-refractivity contribution is 0.415. The van der Waals surface area contributed by atoms with Gasteiger partial charge in [0.05, 0.1) is 25.6 Å². The Bertz CT molecular complexity index is 733. The molecule has 0 atom stereocenters. The molecule has 3 rings (SSSR count). The third kappa shape index (κ3) is 2.60. The summed E-state index contributed by atoms with van der Waals surface area (Å²) in [5, 5.41) is 7.43. The molecule has 1 N–H and O–H groups in total. The van der Waals surface area contributed by atoms with Crippen LogP contribution in [0, 0.1) is 0 Å². The predicted molar refractivity (Wildman–Crippen MR) is 82.6 cm³/mol. The summed E-state index contributed by atoms with van der Waals surface area (Å²) in [5.74, 6) is 1.65. The highest BCUT2D eigenvalue weighted by Gasteiger charge is 2.09. The quantitative estimate of drug-likeness (QED) is 0.791. The second kappa shape index (κ2) is 5.71. The lowest BCUT2D eigenvalue weighted by atomic mass is 10.1. The van der Waals surface area contributed by atoms with Crippen molar-refractivity contribution in [3.63, 3.8) is 0 Å². The maximum Gasteiger partial charge on any atom is 0.128 e. The minimum atomic E-state index is 0.822. The molecule has 0 spiro atoms. The minimum Gasteiger partial charge on any atom is -0.497 e. The molecule has 21 heavy (non-hydrogen) atoms. The summed E-state index contributed by atoms with van der Waals surface area (Å²) >= 11 is 0. The van der Waals surface area contributed by atoms with E-state index in [1.54, 1.807) is 14.2 Å². The van der Waals surface area contributed by atoms with Crippen molar-refractivity contribution in [1.82, 2.24) is 10.2 Å². The van der Waals surface area contributed by atoms with Crippen molar-refractivity contribution in [1.29, 1.82) is 0 Å². The molecule has 0 fully saturated rings. The monoisotopic (exact) mass is 280 g/mol. The van der Waals surface area contributed by atoms with Crippen LogP contribution in [0.3, 0.4) is 0 Å². The zero-order valence-corrected chi connectivity index (χ0v) is 12.0. The van der Waals surface area contributed by atoms with Crippen LogP contribution in [0.4, 0.5) is 0 Å². The molecule has 0 aliphatic heterocycles. The molecule has 1 heterocycles. The third-order valence-corrected chi connectivity index (χ3v) is 3.36. The Hall–Kier alpha value is -2.75. The van der Waals surface area contributed by atoms with Gasteiger partial charge in [-0.3, -0.25) is 5.10 Å². The van der Waals surface area contributed by atoms with Crippen LogP contribution >= 0.6 is 0 Å². The number of hydrogen-bond acceptors (Lipinski definition) is 3. The van der Waals surface area contributed by atoms with Crippen LogP contribution in [-0.4, -0.2) is 24.4 Å². The second-order valence-corrected chi connectivity index (χ2v) is 4.60. The molecule has 1 aromatic heterocycles. The number of methoxy groups -OCH3 is 2. The molecule has 3 aromatic rings. The topological polar surface area (TPSA) is 47.1 Å². The molecule has 4 nitrogen and oxygen atoms in total. The summed E-state index contributed by atoms with van der Waals surface area (Å²) in [4.78, 5) is 0. The summed E-state index contributed by atoms with van der Waals surface area (Å²) in [6, 6.07) is 17.7. The van der Waals surface area contributed by atoms with Crippen LogP contribution in [0.5, 0.6) is 11.5 Å². The van der Waals surface area contributed by atoms with Gasteiger partial charge in [-0.15, -0.1) is 0 Å². The fourth-order valence-corrected chi connectivity index (χ4v) is 2.24. The molecule has 0 bridgehead atoms. The molecule has 0 saturated heterocycles. The number of rotatable bonds is 4. The normalized spacial score (nSPS) is 10.4. The Morgan fingerprint density at radius 3 is 2.38 bits per heavy atom. The number of nitrogens with one attached hydrogen (secondary N) is 1. The zero-order chi connectivity index (χ0) is 14.7. The average molecular weight is 280 g/mol.